The monoisotopic (exact) mass is 171 g/mol. The zero-order valence-electron chi connectivity index (χ0n) is 6.50. The van der Waals surface area contributed by atoms with E-state index in [9.17, 15) is 0 Å². The molecule has 0 aromatic heterocycles. The molecule has 1 atom stereocenters. The van der Waals surface area contributed by atoms with E-state index in [1.165, 1.54) is 0 Å². The van der Waals surface area contributed by atoms with Crippen molar-refractivity contribution >= 4 is 23.1 Å². The molecule has 0 aromatic carbocycles. The molecule has 0 radical (unpaired) electrons. The van der Waals surface area contributed by atoms with Crippen LogP contribution in [0.5, 0.6) is 0 Å². The van der Waals surface area contributed by atoms with Gasteiger partial charge in [0.05, 0.1) is 5.54 Å². The molecule has 4 heteroatoms. The summed E-state index contributed by atoms with van der Waals surface area (Å²) in [5.74, 6) is 0. The van der Waals surface area contributed by atoms with Crippen molar-refractivity contribution in [1.82, 2.24) is 0 Å². The topological polar surface area (TPSA) is 50.7 Å². The smallest absolute Gasteiger partial charge is 0.222 e. The molecular formula is C7H10ClN3. The van der Waals surface area contributed by atoms with Gasteiger partial charge in [-0.2, -0.15) is 0 Å². The van der Waals surface area contributed by atoms with Crippen LogP contribution in [0, 0.1) is 0 Å². The average molecular weight is 172 g/mol. The van der Waals surface area contributed by atoms with Crippen LogP contribution in [0.2, 0.25) is 0 Å². The molecule has 0 fully saturated rings. The van der Waals surface area contributed by atoms with E-state index >= 15 is 0 Å². The van der Waals surface area contributed by atoms with E-state index in [0.29, 0.717) is 0 Å². The Morgan fingerprint density at radius 2 is 2.27 bits per heavy atom. The van der Waals surface area contributed by atoms with Crippen molar-refractivity contribution in [3.05, 3.63) is 11.8 Å². The minimum Gasteiger partial charge on any atom is -0.318 e. The lowest BCUT2D eigenvalue weighted by Gasteiger charge is -2.11. The van der Waals surface area contributed by atoms with Gasteiger partial charge in [0.15, 0.2) is 0 Å². The van der Waals surface area contributed by atoms with Gasteiger partial charge in [0, 0.05) is 11.9 Å². The Kier molecular flexibility index (Phi) is 2.11. The van der Waals surface area contributed by atoms with Gasteiger partial charge in [-0.1, -0.05) is 0 Å². The van der Waals surface area contributed by atoms with Crippen molar-refractivity contribution in [3.8, 4) is 0 Å². The first-order valence-electron chi connectivity index (χ1n) is 3.27. The van der Waals surface area contributed by atoms with Gasteiger partial charge in [0.25, 0.3) is 0 Å². The lowest BCUT2D eigenvalue weighted by molar-refractivity contribution is 0.794. The maximum absolute atomic E-state index is 5.77. The summed E-state index contributed by atoms with van der Waals surface area (Å²) in [6.07, 6.45) is 3.39. The summed E-state index contributed by atoms with van der Waals surface area (Å²) < 4.78 is 0. The number of rotatable bonds is 0. The van der Waals surface area contributed by atoms with Gasteiger partial charge in [-0.3, -0.25) is 0 Å². The molecule has 1 aliphatic heterocycles. The molecule has 0 amide bonds. The molecule has 0 aliphatic carbocycles. The number of allylic oxidation sites excluding steroid dienone is 1. The lowest BCUT2D eigenvalue weighted by atomic mass is 10.1. The fourth-order valence-electron chi connectivity index (χ4n) is 0.886. The summed E-state index contributed by atoms with van der Waals surface area (Å²) in [5, 5.41) is 0.230. The van der Waals surface area contributed by atoms with Gasteiger partial charge < -0.3 is 5.73 Å². The molecule has 1 heterocycles. The molecule has 11 heavy (non-hydrogen) atoms. The Morgan fingerprint density at radius 1 is 1.64 bits per heavy atom. The molecule has 60 valence electrons. The average Bonchev–Trinajstić information content (AvgIpc) is 1.90. The highest BCUT2D eigenvalue weighted by atomic mass is 35.5. The summed E-state index contributed by atoms with van der Waals surface area (Å²) in [7, 11) is 0. The van der Waals surface area contributed by atoms with Gasteiger partial charge in [-0.15, -0.1) is 0 Å². The lowest BCUT2D eigenvalue weighted by Crippen LogP contribution is -2.35. The minimum atomic E-state index is -0.537. The van der Waals surface area contributed by atoms with E-state index in [-0.39, 0.29) is 5.29 Å². The van der Waals surface area contributed by atoms with Crippen molar-refractivity contribution in [2.45, 2.75) is 19.4 Å². The minimum absolute atomic E-state index is 0.230. The van der Waals surface area contributed by atoms with E-state index in [4.69, 9.17) is 17.3 Å². The molecule has 0 spiro atoms. The summed E-state index contributed by atoms with van der Waals surface area (Å²) in [6, 6.07) is 0. The fraction of sp³-hybridized carbons (Fsp3) is 0.429. The summed E-state index contributed by atoms with van der Waals surface area (Å²) in [4.78, 5) is 7.78. The zero-order chi connectivity index (χ0) is 8.48. The van der Waals surface area contributed by atoms with Crippen LogP contribution >= 0.6 is 11.6 Å². The predicted octanol–water partition coefficient (Wildman–Crippen LogP) is 1.29. The van der Waals surface area contributed by atoms with Crippen LogP contribution in [-0.4, -0.2) is 17.0 Å². The third kappa shape index (κ3) is 2.44. The van der Waals surface area contributed by atoms with Crippen molar-refractivity contribution in [3.63, 3.8) is 0 Å². The highest BCUT2D eigenvalue weighted by Gasteiger charge is 2.14. The SMILES string of the molecule is CC1=CC(C)(N)C=NC(Cl)=N1. The predicted molar refractivity (Wildman–Crippen MR) is 48.1 cm³/mol. The van der Waals surface area contributed by atoms with Crippen LogP contribution in [0.1, 0.15) is 13.8 Å². The Morgan fingerprint density at radius 3 is 2.91 bits per heavy atom. The van der Waals surface area contributed by atoms with Crippen molar-refractivity contribution in [1.29, 1.82) is 0 Å². The highest BCUT2D eigenvalue weighted by molar-refractivity contribution is 6.65. The second-order valence-electron chi connectivity index (χ2n) is 2.79. The summed E-state index contributed by atoms with van der Waals surface area (Å²) in [5.41, 5.74) is 6.02. The normalized spacial score (nSPS) is 30.9. The van der Waals surface area contributed by atoms with Crippen molar-refractivity contribution in [2.24, 2.45) is 15.7 Å². The first-order chi connectivity index (χ1) is 4.99. The van der Waals surface area contributed by atoms with Crippen LogP contribution in [0.25, 0.3) is 0 Å². The van der Waals surface area contributed by atoms with Gasteiger partial charge in [-0.25, -0.2) is 9.98 Å². The first-order valence-corrected chi connectivity index (χ1v) is 3.65. The largest absolute Gasteiger partial charge is 0.318 e. The van der Waals surface area contributed by atoms with Gasteiger partial charge in [0.2, 0.25) is 5.29 Å². The number of halogens is 1. The third-order valence-electron chi connectivity index (χ3n) is 1.24. The molecule has 3 nitrogen and oxygen atoms in total. The van der Waals surface area contributed by atoms with Crippen LogP contribution in [0.15, 0.2) is 21.8 Å². The standard InChI is InChI=1S/C7H10ClN3/c1-5-3-7(2,9)4-10-6(8)11-5/h3-4H,9H2,1-2H3. The Bertz CT molecular complexity index is 250. The molecule has 0 aromatic rings. The molecule has 2 N–H and O–H groups in total. The van der Waals surface area contributed by atoms with Gasteiger partial charge >= 0.3 is 0 Å². The number of nitrogens with zero attached hydrogens (tertiary/aromatic N) is 2. The van der Waals surface area contributed by atoms with Crippen molar-refractivity contribution < 1.29 is 0 Å². The number of hydrogen-bond acceptors (Lipinski definition) is 3. The van der Waals surface area contributed by atoms with Gasteiger partial charge in [-0.05, 0) is 31.5 Å². The maximum atomic E-state index is 5.77. The van der Waals surface area contributed by atoms with E-state index in [1.54, 1.807) is 6.21 Å². The quantitative estimate of drug-likeness (QED) is 0.549. The number of nitrogens with two attached hydrogens (primary N) is 1. The number of hydrogen-bond donors (Lipinski definition) is 1. The molecule has 1 aliphatic rings. The fourth-order valence-corrected chi connectivity index (χ4v) is 1.07. The second-order valence-corrected chi connectivity index (χ2v) is 3.13. The highest BCUT2D eigenvalue weighted by Crippen LogP contribution is 2.10. The van der Waals surface area contributed by atoms with Crippen LogP contribution in [0.4, 0.5) is 0 Å². The van der Waals surface area contributed by atoms with E-state index in [2.05, 4.69) is 9.98 Å². The van der Waals surface area contributed by atoms with E-state index in [0.717, 1.165) is 5.70 Å². The van der Waals surface area contributed by atoms with Gasteiger partial charge in [0.1, 0.15) is 0 Å². The number of amidine groups is 1. The second kappa shape index (κ2) is 2.75. The van der Waals surface area contributed by atoms with Crippen LogP contribution in [0.3, 0.4) is 0 Å². The van der Waals surface area contributed by atoms with E-state index < -0.39 is 5.54 Å². The molecule has 0 bridgehead atoms. The molecule has 0 saturated carbocycles. The maximum Gasteiger partial charge on any atom is 0.222 e. The Balaban J connectivity index is 3.02. The first kappa shape index (κ1) is 8.43. The Hall–Kier alpha value is -0.670. The summed E-state index contributed by atoms with van der Waals surface area (Å²) >= 11 is 5.60. The Labute approximate surface area is 70.7 Å². The molecule has 0 saturated heterocycles. The molecule has 1 rings (SSSR count). The van der Waals surface area contributed by atoms with Crippen molar-refractivity contribution in [2.75, 3.05) is 0 Å². The van der Waals surface area contributed by atoms with Crippen LogP contribution < -0.4 is 5.73 Å². The zero-order valence-corrected chi connectivity index (χ0v) is 7.26. The number of aliphatic imine (C=N–C) groups is 2. The third-order valence-corrected chi connectivity index (χ3v) is 1.42. The molecule has 1 unspecified atom stereocenters. The summed E-state index contributed by atoms with van der Waals surface area (Å²) in [6.45, 7) is 3.67. The van der Waals surface area contributed by atoms with E-state index in [1.807, 2.05) is 19.9 Å². The molecular weight excluding hydrogens is 162 g/mol. The van der Waals surface area contributed by atoms with Crippen LogP contribution in [-0.2, 0) is 0 Å².